The lowest BCUT2D eigenvalue weighted by molar-refractivity contribution is 0.303. The first kappa shape index (κ1) is 22.0. The first-order chi connectivity index (χ1) is 15.3. The van der Waals surface area contributed by atoms with E-state index in [1.165, 1.54) is 9.36 Å². The zero-order valence-electron chi connectivity index (χ0n) is 18.6. The molecule has 0 fully saturated rings. The van der Waals surface area contributed by atoms with E-state index in [1.807, 2.05) is 32.0 Å². The monoisotopic (exact) mass is 455 g/mol. The Bertz CT molecular complexity index is 1410. The van der Waals surface area contributed by atoms with E-state index in [-0.39, 0.29) is 17.9 Å². The van der Waals surface area contributed by atoms with Gasteiger partial charge in [-0.3, -0.25) is 0 Å². The fourth-order valence-corrected chi connectivity index (χ4v) is 4.09. The molecule has 1 N–H and O–H groups in total. The maximum Gasteiger partial charge on any atom is 0.364 e. The number of H-pyrrole nitrogens is 1. The molecule has 168 valence electrons. The molecule has 2 aromatic carbocycles. The predicted octanol–water partition coefficient (Wildman–Crippen LogP) is 4.80. The van der Waals surface area contributed by atoms with Crippen molar-refractivity contribution in [1.82, 2.24) is 14.6 Å². The fraction of sp³-hybridized carbons (Fsp3) is 0.333. The van der Waals surface area contributed by atoms with Crippen LogP contribution in [-0.2, 0) is 20.1 Å². The highest BCUT2D eigenvalue weighted by molar-refractivity contribution is 6.32. The number of hydrogen-bond donors (Lipinski definition) is 1. The van der Waals surface area contributed by atoms with Gasteiger partial charge in [-0.2, -0.15) is 4.68 Å². The Balaban J connectivity index is 1.68. The van der Waals surface area contributed by atoms with Gasteiger partial charge < -0.3 is 9.15 Å². The van der Waals surface area contributed by atoms with E-state index in [1.54, 1.807) is 19.2 Å². The second-order valence-electron chi connectivity index (χ2n) is 8.01. The smallest absolute Gasteiger partial charge is 0.364 e. The van der Waals surface area contributed by atoms with Gasteiger partial charge in [0.15, 0.2) is 0 Å². The first-order valence-electron chi connectivity index (χ1n) is 10.6. The molecule has 2 aromatic heterocycles. The molecule has 0 aliphatic carbocycles. The highest BCUT2D eigenvalue weighted by atomic mass is 35.5. The van der Waals surface area contributed by atoms with Gasteiger partial charge >= 0.3 is 11.3 Å². The molecule has 0 amide bonds. The van der Waals surface area contributed by atoms with Crippen molar-refractivity contribution in [3.05, 3.63) is 78.5 Å². The SMILES string of the molecule is CCCCc1c(C)c2cc(Cl)c(OCc3c(C)cccc3-n3[nH]n(C)c3=O)cc2oc1=O. The molecule has 0 atom stereocenters. The Morgan fingerprint density at radius 1 is 1.16 bits per heavy atom. The van der Waals surface area contributed by atoms with Crippen molar-refractivity contribution in [2.45, 2.75) is 46.6 Å². The first-order valence-corrected chi connectivity index (χ1v) is 11.0. The normalized spacial score (nSPS) is 11.4. The Hall–Kier alpha value is -3.19. The van der Waals surface area contributed by atoms with Crippen LogP contribution < -0.4 is 16.1 Å². The Morgan fingerprint density at radius 3 is 2.62 bits per heavy atom. The van der Waals surface area contributed by atoms with E-state index in [4.69, 9.17) is 20.8 Å². The predicted molar refractivity (Wildman–Crippen MR) is 125 cm³/mol. The summed E-state index contributed by atoms with van der Waals surface area (Å²) in [6, 6.07) is 9.14. The van der Waals surface area contributed by atoms with E-state index in [0.29, 0.717) is 34.0 Å². The quantitative estimate of drug-likeness (QED) is 0.406. The number of fused-ring (bicyclic) bond motifs is 1. The molecule has 0 spiro atoms. The van der Waals surface area contributed by atoms with Gasteiger partial charge in [0.2, 0.25) is 0 Å². The number of unbranched alkanes of at least 4 members (excludes halogenated alkanes) is 1. The lowest BCUT2D eigenvalue weighted by Crippen LogP contribution is -2.40. The Kier molecular flexibility index (Phi) is 6.02. The highest BCUT2D eigenvalue weighted by Gasteiger charge is 2.17. The lowest BCUT2D eigenvalue weighted by atomic mass is 10.0. The van der Waals surface area contributed by atoms with Gasteiger partial charge in [0, 0.05) is 29.6 Å². The Morgan fingerprint density at radius 2 is 1.94 bits per heavy atom. The second-order valence-corrected chi connectivity index (χ2v) is 8.42. The molecule has 0 aliphatic heterocycles. The number of rotatable bonds is 7. The summed E-state index contributed by atoms with van der Waals surface area (Å²) in [5.74, 6) is 0.414. The maximum atomic E-state index is 12.5. The van der Waals surface area contributed by atoms with Crippen LogP contribution in [0, 0.1) is 13.8 Å². The van der Waals surface area contributed by atoms with Crippen molar-refractivity contribution in [3.8, 4) is 11.4 Å². The molecule has 7 nitrogen and oxygen atoms in total. The molecular weight excluding hydrogens is 430 g/mol. The number of aryl methyl sites for hydroxylation is 3. The molecule has 0 saturated carbocycles. The molecule has 4 rings (SSSR count). The number of ether oxygens (including phenoxy) is 1. The molecule has 0 unspecified atom stereocenters. The summed E-state index contributed by atoms with van der Waals surface area (Å²) in [4.78, 5) is 24.7. The number of hydrogen-bond acceptors (Lipinski definition) is 4. The molecule has 32 heavy (non-hydrogen) atoms. The third kappa shape index (κ3) is 3.88. The van der Waals surface area contributed by atoms with Crippen LogP contribution in [0.3, 0.4) is 0 Å². The largest absolute Gasteiger partial charge is 0.487 e. The van der Waals surface area contributed by atoms with Crippen molar-refractivity contribution < 1.29 is 9.15 Å². The average Bonchev–Trinajstić information content (AvgIpc) is 2.77. The molecule has 8 heteroatoms. The van der Waals surface area contributed by atoms with Crippen molar-refractivity contribution in [2.75, 3.05) is 0 Å². The lowest BCUT2D eigenvalue weighted by Gasteiger charge is -2.19. The summed E-state index contributed by atoms with van der Waals surface area (Å²) >= 11 is 6.53. The fourth-order valence-electron chi connectivity index (χ4n) is 3.87. The molecule has 2 heterocycles. The number of benzene rings is 2. The molecule has 0 saturated heterocycles. The van der Waals surface area contributed by atoms with Crippen LogP contribution in [0.2, 0.25) is 5.02 Å². The number of aromatic amines is 1. The summed E-state index contributed by atoms with van der Waals surface area (Å²) in [6.07, 6.45) is 2.61. The average molecular weight is 456 g/mol. The van der Waals surface area contributed by atoms with E-state index in [0.717, 1.165) is 34.9 Å². The molecule has 0 aliphatic rings. The van der Waals surface area contributed by atoms with E-state index < -0.39 is 0 Å². The molecule has 0 radical (unpaired) electrons. The van der Waals surface area contributed by atoms with Crippen LogP contribution in [0.25, 0.3) is 16.7 Å². The number of nitrogens with zero attached hydrogens (tertiary/aromatic N) is 2. The topological polar surface area (TPSA) is 82.2 Å². The zero-order chi connectivity index (χ0) is 23.0. The second kappa shape index (κ2) is 8.74. The van der Waals surface area contributed by atoms with Gasteiger partial charge in [0.25, 0.3) is 0 Å². The van der Waals surface area contributed by atoms with Crippen LogP contribution >= 0.6 is 11.6 Å². The van der Waals surface area contributed by atoms with Crippen LogP contribution in [0.15, 0.2) is 44.3 Å². The minimum Gasteiger partial charge on any atom is -0.487 e. The summed E-state index contributed by atoms with van der Waals surface area (Å²) in [5, 5.41) is 4.17. The number of aromatic nitrogens is 3. The maximum absolute atomic E-state index is 12.5. The van der Waals surface area contributed by atoms with Crippen LogP contribution in [-0.4, -0.2) is 14.6 Å². The summed E-state index contributed by atoms with van der Waals surface area (Å²) < 4.78 is 14.5. The van der Waals surface area contributed by atoms with E-state index in [2.05, 4.69) is 12.1 Å². The zero-order valence-corrected chi connectivity index (χ0v) is 19.4. The van der Waals surface area contributed by atoms with Crippen molar-refractivity contribution in [3.63, 3.8) is 0 Å². The number of nitrogens with one attached hydrogen (secondary N) is 1. The van der Waals surface area contributed by atoms with Gasteiger partial charge in [0.05, 0.1) is 10.7 Å². The van der Waals surface area contributed by atoms with Gasteiger partial charge in [0.1, 0.15) is 17.9 Å². The van der Waals surface area contributed by atoms with Crippen LogP contribution in [0.5, 0.6) is 5.75 Å². The van der Waals surface area contributed by atoms with Crippen molar-refractivity contribution >= 4 is 22.6 Å². The van der Waals surface area contributed by atoms with E-state index in [9.17, 15) is 9.59 Å². The number of halogens is 1. The third-order valence-corrected chi connectivity index (χ3v) is 6.14. The van der Waals surface area contributed by atoms with Crippen LogP contribution in [0.4, 0.5) is 0 Å². The molecular formula is C24H26ClN3O4. The van der Waals surface area contributed by atoms with Crippen LogP contribution in [0.1, 0.15) is 42.0 Å². The summed E-state index contributed by atoms with van der Waals surface area (Å²) in [7, 11) is 1.66. The summed E-state index contributed by atoms with van der Waals surface area (Å²) in [6.45, 7) is 6.16. The Labute approximate surface area is 190 Å². The standard InChI is InChI=1S/C24H26ClN3O4/c1-5-6-9-16-15(3)17-11-19(25)22(12-21(17)32-23(16)29)31-13-18-14(2)8-7-10-20(18)28-24(30)27(4)26-28/h7-8,10-12,26H,5-6,9,13H2,1-4H3. The highest BCUT2D eigenvalue weighted by Crippen LogP contribution is 2.33. The van der Waals surface area contributed by atoms with E-state index >= 15 is 0 Å². The molecule has 0 bridgehead atoms. The van der Waals surface area contributed by atoms with Gasteiger partial charge in [-0.1, -0.05) is 37.1 Å². The van der Waals surface area contributed by atoms with Gasteiger partial charge in [-0.25, -0.2) is 19.5 Å². The van der Waals surface area contributed by atoms with Crippen molar-refractivity contribution in [2.24, 2.45) is 7.05 Å². The minimum atomic E-state index is -0.315. The molecule has 4 aromatic rings. The summed E-state index contributed by atoms with van der Waals surface area (Å²) in [5.41, 5.74) is 4.11. The third-order valence-electron chi connectivity index (χ3n) is 5.85. The minimum absolute atomic E-state index is 0.156. The van der Waals surface area contributed by atoms with Gasteiger partial charge in [-0.05, 0) is 49.9 Å². The van der Waals surface area contributed by atoms with Gasteiger partial charge in [-0.15, -0.1) is 0 Å². The van der Waals surface area contributed by atoms with Crippen molar-refractivity contribution in [1.29, 1.82) is 0 Å².